The Morgan fingerprint density at radius 1 is 1.57 bits per heavy atom. The van der Waals surface area contributed by atoms with E-state index in [4.69, 9.17) is 22.1 Å². The Morgan fingerprint density at radius 3 is 2.90 bits per heavy atom. The lowest BCUT2D eigenvalue weighted by Gasteiger charge is -2.38. The maximum absolute atomic E-state index is 10.8. The van der Waals surface area contributed by atoms with E-state index in [0.29, 0.717) is 13.1 Å². The van der Waals surface area contributed by atoms with Gasteiger partial charge in [0.05, 0.1) is 11.0 Å². The SMILES string of the molecule is COC1CCN(Cc2ccc([N+](=O)[O-])c(Cl)c2)C(CN)C1. The predicted molar refractivity (Wildman–Crippen MR) is 81.4 cm³/mol. The number of rotatable bonds is 5. The normalized spacial score (nSPS) is 23.2. The van der Waals surface area contributed by atoms with Gasteiger partial charge in [0, 0.05) is 38.9 Å². The van der Waals surface area contributed by atoms with Crippen LogP contribution in [0.1, 0.15) is 18.4 Å². The zero-order chi connectivity index (χ0) is 15.4. The first-order chi connectivity index (χ1) is 10.0. The molecular formula is C14H20ClN3O3. The molecule has 21 heavy (non-hydrogen) atoms. The third-order valence-corrected chi connectivity index (χ3v) is 4.29. The molecule has 1 aromatic rings. The van der Waals surface area contributed by atoms with Gasteiger partial charge in [-0.15, -0.1) is 0 Å². The Morgan fingerprint density at radius 2 is 2.33 bits per heavy atom. The molecule has 0 bridgehead atoms. The van der Waals surface area contributed by atoms with Gasteiger partial charge in [0.2, 0.25) is 0 Å². The average molecular weight is 314 g/mol. The molecule has 2 atom stereocenters. The highest BCUT2D eigenvalue weighted by molar-refractivity contribution is 6.32. The Kier molecular flexibility index (Phi) is 5.52. The second-order valence-corrected chi connectivity index (χ2v) is 5.69. The zero-order valence-corrected chi connectivity index (χ0v) is 12.8. The molecule has 0 saturated carbocycles. The molecule has 7 heteroatoms. The highest BCUT2D eigenvalue weighted by atomic mass is 35.5. The largest absolute Gasteiger partial charge is 0.381 e. The van der Waals surface area contributed by atoms with Crippen LogP contribution < -0.4 is 5.73 Å². The fourth-order valence-corrected chi connectivity index (χ4v) is 3.03. The summed E-state index contributed by atoms with van der Waals surface area (Å²) in [4.78, 5) is 12.6. The van der Waals surface area contributed by atoms with Crippen LogP contribution in [0.4, 0.5) is 5.69 Å². The summed E-state index contributed by atoms with van der Waals surface area (Å²) in [5.74, 6) is 0. The lowest BCUT2D eigenvalue weighted by molar-refractivity contribution is -0.384. The molecule has 2 unspecified atom stereocenters. The van der Waals surface area contributed by atoms with Crippen LogP contribution in [0.15, 0.2) is 18.2 Å². The van der Waals surface area contributed by atoms with Crippen molar-refractivity contribution in [2.45, 2.75) is 31.5 Å². The molecule has 6 nitrogen and oxygen atoms in total. The molecule has 1 aliphatic heterocycles. The topological polar surface area (TPSA) is 81.6 Å². The number of methoxy groups -OCH3 is 1. The molecule has 0 aliphatic carbocycles. The number of halogens is 1. The third-order valence-electron chi connectivity index (χ3n) is 3.99. The first kappa shape index (κ1) is 16.2. The molecule has 116 valence electrons. The second kappa shape index (κ2) is 7.17. The summed E-state index contributed by atoms with van der Waals surface area (Å²) in [7, 11) is 1.73. The van der Waals surface area contributed by atoms with Gasteiger partial charge in [0.15, 0.2) is 0 Å². The van der Waals surface area contributed by atoms with Crippen LogP contribution in [-0.4, -0.2) is 42.2 Å². The van der Waals surface area contributed by atoms with Crippen LogP contribution in [0.5, 0.6) is 0 Å². The van der Waals surface area contributed by atoms with Gasteiger partial charge in [-0.25, -0.2) is 0 Å². The van der Waals surface area contributed by atoms with Crippen LogP contribution >= 0.6 is 11.6 Å². The quantitative estimate of drug-likeness (QED) is 0.665. The highest BCUT2D eigenvalue weighted by Crippen LogP contribution is 2.27. The molecule has 1 saturated heterocycles. The van der Waals surface area contributed by atoms with Gasteiger partial charge in [-0.05, 0) is 24.5 Å². The smallest absolute Gasteiger partial charge is 0.287 e. The highest BCUT2D eigenvalue weighted by Gasteiger charge is 2.27. The number of benzene rings is 1. The number of nitrogens with two attached hydrogens (primary N) is 1. The summed E-state index contributed by atoms with van der Waals surface area (Å²) >= 11 is 5.95. The summed E-state index contributed by atoms with van der Waals surface area (Å²) in [6.07, 6.45) is 2.14. The van der Waals surface area contributed by atoms with E-state index in [-0.39, 0.29) is 22.9 Å². The van der Waals surface area contributed by atoms with Crippen LogP contribution in [0.3, 0.4) is 0 Å². The van der Waals surface area contributed by atoms with Crippen molar-refractivity contribution in [3.05, 3.63) is 38.9 Å². The molecule has 0 aromatic heterocycles. The van der Waals surface area contributed by atoms with E-state index in [1.54, 1.807) is 19.2 Å². The van der Waals surface area contributed by atoms with Gasteiger partial charge in [-0.1, -0.05) is 17.7 Å². The van der Waals surface area contributed by atoms with Gasteiger partial charge in [-0.2, -0.15) is 0 Å². The summed E-state index contributed by atoms with van der Waals surface area (Å²) in [5.41, 5.74) is 6.74. The molecule has 1 aliphatic rings. The number of hydrogen-bond donors (Lipinski definition) is 1. The fourth-order valence-electron chi connectivity index (χ4n) is 2.76. The number of nitro benzene ring substituents is 1. The third kappa shape index (κ3) is 3.91. The van der Waals surface area contributed by atoms with Crippen molar-refractivity contribution in [3.8, 4) is 0 Å². The Balaban J connectivity index is 2.07. The molecule has 0 spiro atoms. The minimum atomic E-state index is -0.473. The summed E-state index contributed by atoms with van der Waals surface area (Å²) < 4.78 is 5.40. The van der Waals surface area contributed by atoms with Gasteiger partial charge in [0.25, 0.3) is 5.69 Å². The summed E-state index contributed by atoms with van der Waals surface area (Å²) in [5, 5.41) is 10.9. The Hall–Kier alpha value is -1.21. The Bertz CT molecular complexity index is 512. The zero-order valence-electron chi connectivity index (χ0n) is 12.0. The fraction of sp³-hybridized carbons (Fsp3) is 0.571. The minimum absolute atomic E-state index is 0.0612. The lowest BCUT2D eigenvalue weighted by Crippen LogP contribution is -2.47. The minimum Gasteiger partial charge on any atom is -0.381 e. The standard InChI is InChI=1S/C14H20ClN3O3/c1-21-12-4-5-17(11(7-12)8-16)9-10-2-3-14(18(19)20)13(15)6-10/h2-3,6,11-12H,4-5,7-9,16H2,1H3. The van der Waals surface area contributed by atoms with Crippen molar-refractivity contribution in [1.29, 1.82) is 0 Å². The summed E-state index contributed by atoms with van der Waals surface area (Å²) in [6.45, 7) is 2.16. The molecule has 0 radical (unpaired) electrons. The number of nitrogens with zero attached hydrogens (tertiary/aromatic N) is 2. The van der Waals surface area contributed by atoms with Crippen molar-refractivity contribution < 1.29 is 9.66 Å². The van der Waals surface area contributed by atoms with Gasteiger partial charge in [-0.3, -0.25) is 15.0 Å². The molecule has 1 fully saturated rings. The predicted octanol–water partition coefficient (Wildman–Crippen LogP) is 2.19. The molecule has 0 amide bonds. The monoisotopic (exact) mass is 313 g/mol. The maximum atomic E-state index is 10.8. The number of piperidine rings is 1. The van der Waals surface area contributed by atoms with E-state index in [0.717, 1.165) is 24.9 Å². The van der Waals surface area contributed by atoms with Crippen molar-refractivity contribution in [2.75, 3.05) is 20.2 Å². The lowest BCUT2D eigenvalue weighted by atomic mass is 9.98. The maximum Gasteiger partial charge on any atom is 0.287 e. The molecule has 1 aromatic carbocycles. The Labute approximate surface area is 129 Å². The van der Waals surface area contributed by atoms with E-state index >= 15 is 0 Å². The van der Waals surface area contributed by atoms with E-state index in [2.05, 4.69) is 4.90 Å². The average Bonchev–Trinajstić information content (AvgIpc) is 2.47. The first-order valence-corrected chi connectivity index (χ1v) is 7.32. The molecule has 2 N–H and O–H groups in total. The van der Waals surface area contributed by atoms with E-state index in [9.17, 15) is 10.1 Å². The molecule has 1 heterocycles. The number of ether oxygens (including phenoxy) is 1. The van der Waals surface area contributed by atoms with E-state index in [1.807, 2.05) is 0 Å². The van der Waals surface area contributed by atoms with E-state index in [1.165, 1.54) is 6.07 Å². The molecule has 2 rings (SSSR count). The number of hydrogen-bond acceptors (Lipinski definition) is 5. The second-order valence-electron chi connectivity index (χ2n) is 5.28. The summed E-state index contributed by atoms with van der Waals surface area (Å²) in [6, 6.07) is 5.13. The van der Waals surface area contributed by atoms with Crippen LogP contribution in [0.25, 0.3) is 0 Å². The van der Waals surface area contributed by atoms with Crippen LogP contribution in [-0.2, 0) is 11.3 Å². The van der Waals surface area contributed by atoms with Crippen LogP contribution in [0, 0.1) is 10.1 Å². The van der Waals surface area contributed by atoms with Gasteiger partial charge < -0.3 is 10.5 Å². The van der Waals surface area contributed by atoms with Crippen molar-refractivity contribution in [1.82, 2.24) is 4.90 Å². The van der Waals surface area contributed by atoms with Crippen molar-refractivity contribution in [3.63, 3.8) is 0 Å². The first-order valence-electron chi connectivity index (χ1n) is 6.95. The molecular weight excluding hydrogens is 294 g/mol. The van der Waals surface area contributed by atoms with Crippen LogP contribution in [0.2, 0.25) is 5.02 Å². The number of likely N-dealkylation sites (tertiary alicyclic amines) is 1. The number of nitro groups is 1. The van der Waals surface area contributed by atoms with Gasteiger partial charge in [0.1, 0.15) is 5.02 Å². The van der Waals surface area contributed by atoms with Crippen molar-refractivity contribution in [2.24, 2.45) is 5.73 Å². The van der Waals surface area contributed by atoms with E-state index < -0.39 is 4.92 Å². The van der Waals surface area contributed by atoms with Crippen molar-refractivity contribution >= 4 is 17.3 Å². The van der Waals surface area contributed by atoms with Gasteiger partial charge >= 0.3 is 0 Å².